The van der Waals surface area contributed by atoms with Crippen molar-refractivity contribution in [2.45, 2.75) is 19.1 Å². The zero-order chi connectivity index (χ0) is 22.2. The van der Waals surface area contributed by atoms with Gasteiger partial charge in [0.1, 0.15) is 6.04 Å². The lowest BCUT2D eigenvalue weighted by molar-refractivity contribution is -0.147. The normalized spacial score (nSPS) is 11.4. The molecule has 1 unspecified atom stereocenters. The third-order valence-corrected chi connectivity index (χ3v) is 4.34. The molecule has 1 atom stereocenters. The fourth-order valence-corrected chi connectivity index (χ4v) is 2.80. The van der Waals surface area contributed by atoms with Crippen LogP contribution >= 0.6 is 0 Å². The third kappa shape index (κ3) is 6.23. The van der Waals surface area contributed by atoms with Crippen molar-refractivity contribution in [1.82, 2.24) is 20.3 Å². The molecule has 3 rings (SSSR count). The molecule has 0 aliphatic rings. The molecule has 0 fully saturated rings. The smallest absolute Gasteiger partial charge is 0.329 e. The highest BCUT2D eigenvalue weighted by Gasteiger charge is 2.24. The van der Waals surface area contributed by atoms with Crippen molar-refractivity contribution in [2.75, 3.05) is 24.7 Å². The monoisotopic (exact) mass is 420 g/mol. The van der Waals surface area contributed by atoms with Crippen molar-refractivity contribution in [2.24, 2.45) is 0 Å². The first kappa shape index (κ1) is 21.7. The molecule has 3 aromatic rings. The molecule has 3 N–H and O–H groups in total. The van der Waals surface area contributed by atoms with Gasteiger partial charge in [-0.2, -0.15) is 15.0 Å². The van der Waals surface area contributed by atoms with E-state index < -0.39 is 12.0 Å². The fourth-order valence-electron chi connectivity index (χ4n) is 2.80. The highest BCUT2D eigenvalue weighted by Crippen LogP contribution is 2.10. The number of nitrogens with one attached hydrogen (secondary N) is 1. The van der Waals surface area contributed by atoms with E-state index in [4.69, 9.17) is 10.5 Å². The molecule has 0 saturated carbocycles. The molecule has 9 heteroatoms. The molecule has 0 saturated heterocycles. The van der Waals surface area contributed by atoms with Gasteiger partial charge in [0.25, 0.3) is 5.91 Å². The lowest BCUT2D eigenvalue weighted by Crippen LogP contribution is -2.43. The molecule has 0 aliphatic carbocycles. The molecule has 0 aliphatic heterocycles. The quantitative estimate of drug-likeness (QED) is 0.527. The number of nitrogen functional groups attached to an aromatic ring is 1. The first-order valence-electron chi connectivity index (χ1n) is 9.66. The van der Waals surface area contributed by atoms with Gasteiger partial charge in [0.2, 0.25) is 11.9 Å². The van der Waals surface area contributed by atoms with E-state index >= 15 is 0 Å². The van der Waals surface area contributed by atoms with Crippen molar-refractivity contribution in [3.05, 3.63) is 77.6 Å². The molecule has 31 heavy (non-hydrogen) atoms. The Balaban J connectivity index is 1.73. The molecule has 1 heterocycles. The van der Waals surface area contributed by atoms with E-state index in [2.05, 4.69) is 20.3 Å². The van der Waals surface area contributed by atoms with Crippen LogP contribution in [0.5, 0.6) is 0 Å². The summed E-state index contributed by atoms with van der Waals surface area (Å²) < 4.78 is 5.41. The number of anilines is 2. The number of hydrogen-bond donors (Lipinski definition) is 2. The Hall–Kier alpha value is -4.01. The average molecular weight is 420 g/mol. The number of benzene rings is 2. The average Bonchev–Trinajstić information content (AvgIpc) is 2.78. The minimum atomic E-state index is -0.886. The van der Waals surface area contributed by atoms with Gasteiger partial charge in [0.05, 0.1) is 0 Å². The Morgan fingerprint density at radius 1 is 1.00 bits per heavy atom. The minimum absolute atomic E-state index is 0.0305. The summed E-state index contributed by atoms with van der Waals surface area (Å²) >= 11 is 0. The van der Waals surface area contributed by atoms with Gasteiger partial charge in [-0.1, -0.05) is 48.5 Å². The molecule has 0 spiro atoms. The van der Waals surface area contributed by atoms with Crippen molar-refractivity contribution < 1.29 is 14.3 Å². The highest BCUT2D eigenvalue weighted by atomic mass is 16.5. The summed E-state index contributed by atoms with van der Waals surface area (Å²) in [4.78, 5) is 39.4. The van der Waals surface area contributed by atoms with Crippen LogP contribution in [0, 0.1) is 0 Å². The van der Waals surface area contributed by atoms with Crippen LogP contribution in [-0.4, -0.2) is 47.0 Å². The van der Waals surface area contributed by atoms with E-state index in [1.807, 2.05) is 36.4 Å². The van der Waals surface area contributed by atoms with Crippen LogP contribution in [0.15, 0.2) is 60.7 Å². The van der Waals surface area contributed by atoms with Gasteiger partial charge in [-0.05, 0) is 17.7 Å². The predicted octanol–water partition coefficient (Wildman–Crippen LogP) is 1.60. The van der Waals surface area contributed by atoms with Gasteiger partial charge in [0.15, 0.2) is 12.4 Å². The summed E-state index contributed by atoms with van der Waals surface area (Å²) in [6.07, 6.45) is 0.278. The van der Waals surface area contributed by atoms with Gasteiger partial charge in [-0.15, -0.1) is 0 Å². The zero-order valence-electron chi connectivity index (χ0n) is 17.4. The van der Waals surface area contributed by atoms with Crippen molar-refractivity contribution in [1.29, 1.82) is 0 Å². The zero-order valence-corrected chi connectivity index (χ0v) is 17.4. The second kappa shape index (κ2) is 10.1. The van der Waals surface area contributed by atoms with Crippen molar-refractivity contribution >= 4 is 23.8 Å². The second-order valence-electron chi connectivity index (χ2n) is 6.99. The van der Waals surface area contributed by atoms with Gasteiger partial charge in [0, 0.05) is 26.1 Å². The first-order valence-corrected chi connectivity index (χ1v) is 9.66. The number of amides is 1. The number of nitrogens with zero attached hydrogens (tertiary/aromatic N) is 4. The lowest BCUT2D eigenvalue weighted by Gasteiger charge is -2.18. The van der Waals surface area contributed by atoms with Crippen molar-refractivity contribution in [3.63, 3.8) is 0 Å². The van der Waals surface area contributed by atoms with Crippen LogP contribution in [0.1, 0.15) is 21.7 Å². The fraction of sp³-hybridized carbons (Fsp3) is 0.227. The second-order valence-corrected chi connectivity index (χ2v) is 6.99. The summed E-state index contributed by atoms with van der Waals surface area (Å²) in [5.41, 5.74) is 7.05. The van der Waals surface area contributed by atoms with Crippen LogP contribution in [0.2, 0.25) is 0 Å². The predicted molar refractivity (Wildman–Crippen MR) is 116 cm³/mol. The summed E-state index contributed by atoms with van der Waals surface area (Å²) in [5, 5.41) is 2.76. The van der Waals surface area contributed by atoms with E-state index in [1.54, 1.807) is 43.3 Å². The van der Waals surface area contributed by atoms with Crippen LogP contribution in [0.3, 0.4) is 0 Å². The molecular weight excluding hydrogens is 396 g/mol. The topological polar surface area (TPSA) is 123 Å². The number of carbonyl (C=O) groups is 2. The first-order chi connectivity index (χ1) is 14.9. The van der Waals surface area contributed by atoms with Crippen LogP contribution < -0.4 is 16.0 Å². The number of aromatic nitrogens is 3. The Morgan fingerprint density at radius 3 is 2.29 bits per heavy atom. The maximum Gasteiger partial charge on any atom is 0.329 e. The highest BCUT2D eigenvalue weighted by molar-refractivity contribution is 5.96. The molecule has 2 aromatic carbocycles. The standard InChI is InChI=1S/C22H24N6O3/c1-28(2)22-26-18(25-21(23)27-22)14-31-20(30)17(13-15-9-5-3-6-10-15)24-19(29)16-11-7-4-8-12-16/h3-12,17H,13-14H2,1-2H3,(H,24,29)(H2,23,25,26,27). The largest absolute Gasteiger partial charge is 0.456 e. The maximum absolute atomic E-state index is 12.8. The van der Waals surface area contributed by atoms with Gasteiger partial charge >= 0.3 is 5.97 Å². The van der Waals surface area contributed by atoms with Crippen molar-refractivity contribution in [3.8, 4) is 0 Å². The number of nitrogens with two attached hydrogens (primary N) is 1. The summed E-state index contributed by atoms with van der Waals surface area (Å²) in [5.74, 6) is -0.353. The maximum atomic E-state index is 12.8. The van der Waals surface area contributed by atoms with Gasteiger partial charge < -0.3 is 20.7 Å². The van der Waals surface area contributed by atoms with E-state index in [1.165, 1.54) is 0 Å². The summed E-state index contributed by atoms with van der Waals surface area (Å²) in [6.45, 7) is -0.196. The number of carbonyl (C=O) groups excluding carboxylic acids is 2. The molecule has 0 radical (unpaired) electrons. The number of esters is 1. The molecule has 0 bridgehead atoms. The van der Waals surface area contributed by atoms with Crippen LogP contribution in [-0.2, 0) is 22.6 Å². The SMILES string of the molecule is CN(C)c1nc(N)nc(COC(=O)C(Cc2ccccc2)NC(=O)c2ccccc2)n1. The van der Waals surface area contributed by atoms with Gasteiger partial charge in [-0.25, -0.2) is 4.79 Å². The Morgan fingerprint density at radius 2 is 1.65 bits per heavy atom. The Kier molecular flexibility index (Phi) is 7.10. The van der Waals surface area contributed by atoms with E-state index in [-0.39, 0.29) is 30.7 Å². The molecule has 9 nitrogen and oxygen atoms in total. The lowest BCUT2D eigenvalue weighted by atomic mass is 10.1. The Bertz CT molecular complexity index is 1030. The molecular formula is C22H24N6O3. The molecule has 160 valence electrons. The molecule has 1 aromatic heterocycles. The van der Waals surface area contributed by atoms with E-state index in [0.717, 1.165) is 5.56 Å². The summed E-state index contributed by atoms with van der Waals surface area (Å²) in [7, 11) is 3.53. The molecule has 1 amide bonds. The third-order valence-electron chi connectivity index (χ3n) is 4.34. The summed E-state index contributed by atoms with van der Waals surface area (Å²) in [6, 6.07) is 17.2. The number of hydrogen-bond acceptors (Lipinski definition) is 8. The van der Waals surface area contributed by atoms with Gasteiger partial charge in [-0.3, -0.25) is 4.79 Å². The van der Waals surface area contributed by atoms with Crippen LogP contribution in [0.4, 0.5) is 11.9 Å². The van der Waals surface area contributed by atoms with Crippen LogP contribution in [0.25, 0.3) is 0 Å². The van der Waals surface area contributed by atoms with E-state index in [9.17, 15) is 9.59 Å². The Labute approximate surface area is 180 Å². The van der Waals surface area contributed by atoms with E-state index in [0.29, 0.717) is 11.5 Å². The number of ether oxygens (including phenoxy) is 1. The number of rotatable bonds is 8. The minimum Gasteiger partial charge on any atom is -0.456 e.